The predicted molar refractivity (Wildman–Crippen MR) is 105 cm³/mol. The Morgan fingerprint density at radius 3 is 2.56 bits per heavy atom. The van der Waals surface area contributed by atoms with Crippen molar-refractivity contribution in [3.63, 3.8) is 0 Å². The van der Waals surface area contributed by atoms with Crippen LogP contribution in [0, 0.1) is 3.70 Å². The van der Waals surface area contributed by atoms with E-state index >= 15 is 0 Å². The molecule has 0 bridgehead atoms. The summed E-state index contributed by atoms with van der Waals surface area (Å²) < 4.78 is 41.8. The number of fused-ring (bicyclic) bond motifs is 1. The molecule has 3 rings (SSSR count). The first-order chi connectivity index (χ1) is 12.5. The minimum absolute atomic E-state index is 0.257. The molecule has 0 fully saturated rings. The van der Waals surface area contributed by atoms with Crippen LogP contribution in [0.25, 0.3) is 10.2 Å². The molecule has 0 aliphatic heterocycles. The molecule has 2 aromatic heterocycles. The lowest BCUT2D eigenvalue weighted by Gasteiger charge is -2.13. The van der Waals surface area contributed by atoms with Crippen LogP contribution in [0.1, 0.15) is 25.6 Å². The summed E-state index contributed by atoms with van der Waals surface area (Å²) in [6.07, 6.45) is -4.75. The fourth-order valence-electron chi connectivity index (χ4n) is 2.44. The Morgan fingerprint density at radius 2 is 1.96 bits per heavy atom. The molecule has 1 aromatic carbocycles. The molecular formula is C16H10ClF3IN3O2S. The lowest BCUT2D eigenvalue weighted by atomic mass is 10.1. The van der Waals surface area contributed by atoms with E-state index in [4.69, 9.17) is 11.6 Å². The SMILES string of the molecule is CN(C)C(=O)c1cc2c(s1)c(I)nn2C(=O)c1c(Cl)cccc1C(F)(F)F. The molecule has 142 valence electrons. The summed E-state index contributed by atoms with van der Waals surface area (Å²) in [6, 6.07) is 4.58. The van der Waals surface area contributed by atoms with Gasteiger partial charge in [0.1, 0.15) is 3.70 Å². The van der Waals surface area contributed by atoms with Gasteiger partial charge in [-0.05, 0) is 40.8 Å². The number of thiophene rings is 1. The number of amides is 1. The molecule has 0 saturated heterocycles. The fourth-order valence-corrected chi connectivity index (χ4v) is 4.55. The van der Waals surface area contributed by atoms with Crippen LogP contribution in [0.5, 0.6) is 0 Å². The van der Waals surface area contributed by atoms with Crippen molar-refractivity contribution in [2.45, 2.75) is 6.18 Å². The average Bonchev–Trinajstić information content (AvgIpc) is 3.13. The number of benzene rings is 1. The van der Waals surface area contributed by atoms with Crippen molar-refractivity contribution in [3.05, 3.63) is 49.0 Å². The van der Waals surface area contributed by atoms with Crippen LogP contribution in [0.3, 0.4) is 0 Å². The maximum Gasteiger partial charge on any atom is 0.417 e. The zero-order chi connectivity index (χ0) is 20.1. The minimum Gasteiger partial charge on any atom is -0.344 e. The van der Waals surface area contributed by atoms with Gasteiger partial charge in [-0.1, -0.05) is 17.7 Å². The van der Waals surface area contributed by atoms with Crippen LogP contribution in [0.2, 0.25) is 5.02 Å². The van der Waals surface area contributed by atoms with Crippen molar-refractivity contribution >= 4 is 67.6 Å². The third-order valence-corrected chi connectivity index (χ3v) is 6.21. The molecule has 11 heteroatoms. The van der Waals surface area contributed by atoms with Crippen molar-refractivity contribution in [3.8, 4) is 0 Å². The second-order valence-electron chi connectivity index (χ2n) is 5.69. The van der Waals surface area contributed by atoms with Crippen molar-refractivity contribution in [2.24, 2.45) is 0 Å². The summed E-state index contributed by atoms with van der Waals surface area (Å²) in [5.41, 5.74) is -1.56. The van der Waals surface area contributed by atoms with Crippen molar-refractivity contribution in [2.75, 3.05) is 14.1 Å². The monoisotopic (exact) mass is 527 g/mol. The quantitative estimate of drug-likeness (QED) is 0.452. The van der Waals surface area contributed by atoms with Crippen LogP contribution < -0.4 is 0 Å². The third kappa shape index (κ3) is 3.57. The van der Waals surface area contributed by atoms with Gasteiger partial charge in [-0.2, -0.15) is 23.0 Å². The molecule has 0 aliphatic rings. The van der Waals surface area contributed by atoms with Gasteiger partial charge in [-0.3, -0.25) is 9.59 Å². The van der Waals surface area contributed by atoms with E-state index in [0.717, 1.165) is 28.2 Å². The molecule has 3 aromatic rings. The molecule has 27 heavy (non-hydrogen) atoms. The van der Waals surface area contributed by atoms with E-state index in [1.54, 1.807) is 14.1 Å². The van der Waals surface area contributed by atoms with Gasteiger partial charge in [-0.25, -0.2) is 0 Å². The summed E-state index contributed by atoms with van der Waals surface area (Å²) in [6.45, 7) is 0. The van der Waals surface area contributed by atoms with Crippen molar-refractivity contribution in [1.29, 1.82) is 0 Å². The van der Waals surface area contributed by atoms with E-state index in [0.29, 0.717) is 13.3 Å². The van der Waals surface area contributed by atoms with Crippen LogP contribution in [0.15, 0.2) is 24.3 Å². The van der Waals surface area contributed by atoms with Gasteiger partial charge in [0.25, 0.3) is 11.8 Å². The normalized spacial score (nSPS) is 11.8. The molecule has 0 radical (unpaired) electrons. The van der Waals surface area contributed by atoms with E-state index in [9.17, 15) is 22.8 Å². The van der Waals surface area contributed by atoms with Gasteiger partial charge in [0.2, 0.25) is 0 Å². The van der Waals surface area contributed by atoms with E-state index in [-0.39, 0.29) is 16.4 Å². The maximum absolute atomic E-state index is 13.3. The zero-order valence-corrected chi connectivity index (χ0v) is 17.5. The Morgan fingerprint density at radius 1 is 1.30 bits per heavy atom. The van der Waals surface area contributed by atoms with Gasteiger partial charge < -0.3 is 4.90 Å². The number of carbonyl (C=O) groups excluding carboxylic acids is 2. The van der Waals surface area contributed by atoms with E-state index < -0.39 is 23.2 Å². The van der Waals surface area contributed by atoms with Crippen molar-refractivity contribution < 1.29 is 22.8 Å². The second-order valence-corrected chi connectivity index (χ2v) is 8.17. The van der Waals surface area contributed by atoms with Gasteiger partial charge in [0.05, 0.1) is 31.2 Å². The summed E-state index contributed by atoms with van der Waals surface area (Å²) in [4.78, 5) is 26.8. The Bertz CT molecular complexity index is 1070. The predicted octanol–water partition coefficient (Wildman–Crippen LogP) is 4.76. The van der Waals surface area contributed by atoms with E-state index in [1.165, 1.54) is 17.0 Å². The first-order valence-corrected chi connectivity index (χ1v) is 9.59. The first-order valence-electron chi connectivity index (χ1n) is 7.32. The Hall–Kier alpha value is -1.66. The Kier molecular flexibility index (Phi) is 5.25. The van der Waals surface area contributed by atoms with Gasteiger partial charge in [-0.15, -0.1) is 11.3 Å². The van der Waals surface area contributed by atoms with Gasteiger partial charge >= 0.3 is 6.18 Å². The number of rotatable bonds is 2. The summed E-state index contributed by atoms with van der Waals surface area (Å²) in [7, 11) is 3.16. The van der Waals surface area contributed by atoms with Crippen LogP contribution in [-0.2, 0) is 6.18 Å². The number of aromatic nitrogens is 2. The molecular weight excluding hydrogens is 518 g/mol. The highest BCUT2D eigenvalue weighted by Crippen LogP contribution is 2.37. The molecule has 0 N–H and O–H groups in total. The number of alkyl halides is 3. The topological polar surface area (TPSA) is 55.2 Å². The number of hydrogen-bond acceptors (Lipinski definition) is 4. The highest BCUT2D eigenvalue weighted by atomic mass is 127. The molecule has 5 nitrogen and oxygen atoms in total. The van der Waals surface area contributed by atoms with E-state index in [2.05, 4.69) is 5.10 Å². The number of nitrogens with zero attached hydrogens (tertiary/aromatic N) is 3. The summed E-state index contributed by atoms with van der Waals surface area (Å²) in [5.74, 6) is -1.29. The molecule has 0 saturated carbocycles. The first kappa shape index (κ1) is 20.1. The molecule has 0 unspecified atom stereocenters. The fraction of sp³-hybridized carbons (Fsp3) is 0.188. The summed E-state index contributed by atoms with van der Waals surface area (Å²) >= 11 is 8.90. The number of hydrogen-bond donors (Lipinski definition) is 0. The van der Waals surface area contributed by atoms with Gasteiger partial charge in [0.15, 0.2) is 0 Å². The van der Waals surface area contributed by atoms with E-state index in [1.807, 2.05) is 22.6 Å². The third-order valence-electron chi connectivity index (χ3n) is 3.66. The average molecular weight is 528 g/mol. The van der Waals surface area contributed by atoms with Crippen LogP contribution >= 0.6 is 45.5 Å². The summed E-state index contributed by atoms with van der Waals surface area (Å²) in [5, 5.41) is 3.72. The van der Waals surface area contributed by atoms with Crippen molar-refractivity contribution in [1.82, 2.24) is 14.7 Å². The smallest absolute Gasteiger partial charge is 0.344 e. The number of carbonyl (C=O) groups is 2. The molecule has 1 amide bonds. The standard InChI is InChI=1S/C16H10ClF3IN3O2S/c1-23(2)14(25)10-6-9-12(27-10)13(21)22-24(9)15(26)11-7(16(18,19)20)4-3-5-8(11)17/h3-6H,1-2H3. The lowest BCUT2D eigenvalue weighted by molar-refractivity contribution is -0.137. The largest absolute Gasteiger partial charge is 0.417 e. The molecule has 2 heterocycles. The zero-order valence-electron chi connectivity index (χ0n) is 13.8. The maximum atomic E-state index is 13.3. The Labute approximate surface area is 173 Å². The highest BCUT2D eigenvalue weighted by molar-refractivity contribution is 14.1. The highest BCUT2D eigenvalue weighted by Gasteiger charge is 2.37. The van der Waals surface area contributed by atoms with Crippen LogP contribution in [0.4, 0.5) is 13.2 Å². The van der Waals surface area contributed by atoms with Gasteiger partial charge in [0, 0.05) is 14.1 Å². The Balaban J connectivity index is 2.20. The molecule has 0 spiro atoms. The number of halogens is 5. The lowest BCUT2D eigenvalue weighted by Crippen LogP contribution is -2.21. The van der Waals surface area contributed by atoms with Crippen LogP contribution in [-0.4, -0.2) is 40.6 Å². The molecule has 0 atom stereocenters. The molecule has 0 aliphatic carbocycles. The second kappa shape index (κ2) is 7.06. The minimum atomic E-state index is -4.75.